The van der Waals surface area contributed by atoms with Gasteiger partial charge in [0.05, 0.1) is 22.3 Å². The number of aryl methyl sites for hydroxylation is 1. The van der Waals surface area contributed by atoms with Gasteiger partial charge in [-0.25, -0.2) is 4.79 Å². The third kappa shape index (κ3) is 5.08. The van der Waals surface area contributed by atoms with Crippen LogP contribution in [0.15, 0.2) is 12.1 Å². The highest BCUT2D eigenvalue weighted by molar-refractivity contribution is 6.40. The molecule has 0 fully saturated rings. The van der Waals surface area contributed by atoms with Gasteiger partial charge in [0.15, 0.2) is 0 Å². The monoisotopic (exact) mass is 334 g/mol. The summed E-state index contributed by atoms with van der Waals surface area (Å²) in [5, 5.41) is 12.0. The van der Waals surface area contributed by atoms with Crippen LogP contribution >= 0.6 is 23.2 Å². The molecular formula is C13H16Cl2N2O4. The van der Waals surface area contributed by atoms with E-state index in [1.807, 2.05) is 0 Å². The Bertz CT molecular complexity index is 537. The van der Waals surface area contributed by atoms with E-state index in [9.17, 15) is 9.59 Å². The summed E-state index contributed by atoms with van der Waals surface area (Å²) in [5.74, 6) is -1.12. The lowest BCUT2D eigenvalue weighted by Crippen LogP contribution is -2.40. The van der Waals surface area contributed by atoms with Crippen LogP contribution in [0, 0.1) is 6.92 Å². The molecule has 0 heterocycles. The minimum atomic E-state index is -1.12. The van der Waals surface area contributed by atoms with E-state index >= 15 is 0 Å². The molecule has 0 atom stereocenters. The number of methoxy groups -OCH3 is 1. The number of nitrogens with zero attached hydrogens (tertiary/aromatic N) is 1. The lowest BCUT2D eigenvalue weighted by Gasteiger charge is -2.21. The van der Waals surface area contributed by atoms with Crippen molar-refractivity contribution < 1.29 is 19.4 Å². The third-order valence-electron chi connectivity index (χ3n) is 2.69. The van der Waals surface area contributed by atoms with Crippen LogP contribution in [0.2, 0.25) is 10.0 Å². The highest BCUT2D eigenvalue weighted by atomic mass is 35.5. The van der Waals surface area contributed by atoms with Gasteiger partial charge in [0.1, 0.15) is 6.54 Å². The van der Waals surface area contributed by atoms with E-state index < -0.39 is 18.5 Å². The standard InChI is InChI=1S/C13H16Cl2N2O4/c1-8-3-4-9(14)12(11(8)15)16-13(20)17(5-6-21-2)7-10(18)19/h3-4H,5-7H2,1-2H3,(H,16,20)(H,18,19). The summed E-state index contributed by atoms with van der Waals surface area (Å²) >= 11 is 12.1. The van der Waals surface area contributed by atoms with Crippen molar-refractivity contribution >= 4 is 40.9 Å². The van der Waals surface area contributed by atoms with Crippen molar-refractivity contribution in [1.29, 1.82) is 0 Å². The highest BCUT2D eigenvalue weighted by Gasteiger charge is 2.19. The van der Waals surface area contributed by atoms with Gasteiger partial charge in [0, 0.05) is 13.7 Å². The van der Waals surface area contributed by atoms with Crippen LogP contribution in [0.1, 0.15) is 5.56 Å². The van der Waals surface area contributed by atoms with Crippen LogP contribution < -0.4 is 5.32 Å². The second kappa shape index (κ2) is 8.07. The zero-order valence-electron chi connectivity index (χ0n) is 11.7. The zero-order chi connectivity index (χ0) is 16.0. The number of carboxylic acid groups (broad SMARTS) is 1. The van der Waals surface area contributed by atoms with Crippen molar-refractivity contribution in [3.05, 3.63) is 27.7 Å². The number of amides is 2. The number of hydrogen-bond acceptors (Lipinski definition) is 3. The Morgan fingerprint density at radius 2 is 2.05 bits per heavy atom. The normalized spacial score (nSPS) is 10.3. The molecule has 2 N–H and O–H groups in total. The Labute approximate surface area is 132 Å². The Hall–Kier alpha value is -1.50. The van der Waals surface area contributed by atoms with Crippen molar-refractivity contribution in [2.45, 2.75) is 6.92 Å². The first-order valence-electron chi connectivity index (χ1n) is 6.08. The van der Waals surface area contributed by atoms with E-state index in [0.29, 0.717) is 5.02 Å². The van der Waals surface area contributed by atoms with Gasteiger partial charge in [0.2, 0.25) is 0 Å². The summed E-state index contributed by atoms with van der Waals surface area (Å²) in [6.45, 7) is 1.68. The minimum absolute atomic E-state index is 0.135. The Morgan fingerprint density at radius 1 is 1.38 bits per heavy atom. The second-order valence-electron chi connectivity index (χ2n) is 4.29. The molecule has 0 saturated carbocycles. The molecule has 0 saturated heterocycles. The van der Waals surface area contributed by atoms with E-state index in [2.05, 4.69) is 5.32 Å². The Kier molecular flexibility index (Phi) is 6.74. The fraction of sp³-hybridized carbons (Fsp3) is 0.385. The number of halogens is 2. The lowest BCUT2D eigenvalue weighted by molar-refractivity contribution is -0.137. The number of ether oxygens (including phenoxy) is 1. The predicted octanol–water partition coefficient (Wildman–Crippen LogP) is 2.87. The van der Waals surface area contributed by atoms with Crippen molar-refractivity contribution in [3.63, 3.8) is 0 Å². The van der Waals surface area contributed by atoms with E-state index in [1.165, 1.54) is 7.11 Å². The number of nitrogens with one attached hydrogen (secondary N) is 1. The summed E-state index contributed by atoms with van der Waals surface area (Å²) < 4.78 is 4.85. The van der Waals surface area contributed by atoms with Gasteiger partial charge in [-0.15, -0.1) is 0 Å². The molecule has 0 aliphatic carbocycles. The number of carbonyl (C=O) groups is 2. The predicted molar refractivity (Wildman–Crippen MR) is 81.3 cm³/mol. The molecular weight excluding hydrogens is 319 g/mol. The molecule has 0 unspecified atom stereocenters. The highest BCUT2D eigenvalue weighted by Crippen LogP contribution is 2.33. The molecule has 0 aliphatic heterocycles. The van der Waals surface area contributed by atoms with Crippen LogP contribution in [-0.2, 0) is 9.53 Å². The number of anilines is 1. The number of aliphatic carboxylic acids is 1. The van der Waals surface area contributed by atoms with Gasteiger partial charge in [0.25, 0.3) is 0 Å². The SMILES string of the molecule is COCCN(CC(=O)O)C(=O)Nc1c(Cl)ccc(C)c1Cl. The van der Waals surface area contributed by atoms with Crippen LogP contribution in [0.5, 0.6) is 0 Å². The second-order valence-corrected chi connectivity index (χ2v) is 5.08. The first kappa shape index (κ1) is 17.6. The maximum absolute atomic E-state index is 12.1. The molecule has 1 aromatic rings. The van der Waals surface area contributed by atoms with Crippen LogP contribution in [0.25, 0.3) is 0 Å². The molecule has 0 bridgehead atoms. The topological polar surface area (TPSA) is 78.9 Å². The van der Waals surface area contributed by atoms with E-state index in [-0.39, 0.29) is 23.9 Å². The maximum Gasteiger partial charge on any atom is 0.323 e. The molecule has 2 amide bonds. The smallest absolute Gasteiger partial charge is 0.323 e. The summed E-state index contributed by atoms with van der Waals surface area (Å²) in [4.78, 5) is 24.0. The van der Waals surface area contributed by atoms with Crippen LogP contribution in [-0.4, -0.2) is 48.8 Å². The summed E-state index contributed by atoms with van der Waals surface area (Å²) in [5.41, 5.74) is 1.01. The van der Waals surface area contributed by atoms with E-state index in [0.717, 1.165) is 10.5 Å². The number of carbonyl (C=O) groups excluding carboxylic acids is 1. The van der Waals surface area contributed by atoms with E-state index in [1.54, 1.807) is 19.1 Å². The zero-order valence-corrected chi connectivity index (χ0v) is 13.2. The van der Waals surface area contributed by atoms with Gasteiger partial charge in [-0.3, -0.25) is 4.79 Å². The number of benzene rings is 1. The van der Waals surface area contributed by atoms with Gasteiger partial charge >= 0.3 is 12.0 Å². The molecule has 1 aromatic carbocycles. The van der Waals surface area contributed by atoms with Crippen LogP contribution in [0.3, 0.4) is 0 Å². The fourth-order valence-corrected chi connectivity index (χ4v) is 2.04. The molecule has 0 radical (unpaired) electrons. The Balaban J connectivity index is 2.90. The van der Waals surface area contributed by atoms with Gasteiger partial charge in [-0.05, 0) is 18.6 Å². The average molecular weight is 335 g/mol. The molecule has 8 heteroatoms. The molecule has 0 spiro atoms. The van der Waals surface area contributed by atoms with Gasteiger partial charge < -0.3 is 20.1 Å². The van der Waals surface area contributed by atoms with Gasteiger partial charge in [-0.2, -0.15) is 0 Å². The van der Waals surface area contributed by atoms with Crippen molar-refractivity contribution in [1.82, 2.24) is 4.90 Å². The fourth-order valence-electron chi connectivity index (χ4n) is 1.57. The van der Waals surface area contributed by atoms with Crippen molar-refractivity contribution in [3.8, 4) is 0 Å². The summed E-state index contributed by atoms with van der Waals surface area (Å²) in [7, 11) is 1.46. The third-order valence-corrected chi connectivity index (χ3v) is 3.50. The van der Waals surface area contributed by atoms with Crippen molar-refractivity contribution in [2.75, 3.05) is 32.1 Å². The number of carboxylic acids is 1. The average Bonchev–Trinajstić information content (AvgIpc) is 2.43. The summed E-state index contributed by atoms with van der Waals surface area (Å²) in [6.07, 6.45) is 0. The largest absolute Gasteiger partial charge is 0.480 e. The molecule has 116 valence electrons. The minimum Gasteiger partial charge on any atom is -0.480 e. The molecule has 0 aliphatic rings. The van der Waals surface area contributed by atoms with Crippen LogP contribution in [0.4, 0.5) is 10.5 Å². The van der Waals surface area contributed by atoms with E-state index in [4.69, 9.17) is 33.0 Å². The quantitative estimate of drug-likeness (QED) is 0.838. The first-order chi connectivity index (χ1) is 9.86. The molecule has 21 heavy (non-hydrogen) atoms. The number of rotatable bonds is 6. The maximum atomic E-state index is 12.1. The molecule has 0 aromatic heterocycles. The van der Waals surface area contributed by atoms with Crippen molar-refractivity contribution in [2.24, 2.45) is 0 Å². The lowest BCUT2D eigenvalue weighted by atomic mass is 10.2. The first-order valence-corrected chi connectivity index (χ1v) is 6.83. The molecule has 1 rings (SSSR count). The number of urea groups is 1. The number of hydrogen-bond donors (Lipinski definition) is 2. The van der Waals surface area contributed by atoms with Gasteiger partial charge in [-0.1, -0.05) is 29.3 Å². The summed E-state index contributed by atoms with van der Waals surface area (Å²) in [6, 6.07) is 2.72. The molecule has 6 nitrogen and oxygen atoms in total. The Morgan fingerprint density at radius 3 is 2.62 bits per heavy atom.